The van der Waals surface area contributed by atoms with Gasteiger partial charge >= 0.3 is 0 Å². The van der Waals surface area contributed by atoms with Gasteiger partial charge in [-0.25, -0.2) is 14.0 Å². The molecule has 0 aliphatic carbocycles. The Morgan fingerprint density at radius 3 is 2.95 bits per heavy atom. The summed E-state index contributed by atoms with van der Waals surface area (Å²) in [6, 6.07) is 4.76. The summed E-state index contributed by atoms with van der Waals surface area (Å²) in [6.45, 7) is 2.47. The van der Waals surface area contributed by atoms with E-state index in [1.807, 2.05) is 52.7 Å². The molecule has 1 saturated heterocycles. The number of amides is 2. The van der Waals surface area contributed by atoms with E-state index in [9.17, 15) is 19.5 Å². The molecule has 0 unspecified atom stereocenters. The SMILES string of the molecule is CCCO/N=C(\C(=O)N[C@@H]1C(=O)N2C(C(=O)[O-])=C(Cn3cc[n+]4ccccc34)CS[C@@H]12)c1csc(N)n1. The molecule has 0 saturated carbocycles. The normalized spacial score (nSPS) is 19.5. The van der Waals surface area contributed by atoms with Crippen molar-refractivity contribution >= 4 is 57.4 Å². The van der Waals surface area contributed by atoms with Crippen molar-refractivity contribution in [2.45, 2.75) is 31.3 Å². The minimum atomic E-state index is -1.43. The van der Waals surface area contributed by atoms with Gasteiger partial charge in [0.2, 0.25) is 0 Å². The zero-order valence-electron chi connectivity index (χ0n) is 19.7. The number of carboxylic acid groups (broad SMARTS) is 1. The molecule has 1 fully saturated rings. The Hall–Kier alpha value is -3.91. The first-order chi connectivity index (χ1) is 17.9. The summed E-state index contributed by atoms with van der Waals surface area (Å²) in [5.41, 5.74) is 7.09. The third-order valence-corrected chi connectivity index (χ3v) is 7.90. The van der Waals surface area contributed by atoms with Crippen LogP contribution >= 0.6 is 23.1 Å². The monoisotopic (exact) mass is 541 g/mol. The van der Waals surface area contributed by atoms with Crippen molar-refractivity contribution in [1.82, 2.24) is 19.8 Å². The van der Waals surface area contributed by atoms with E-state index < -0.39 is 29.2 Å². The van der Waals surface area contributed by atoms with E-state index in [2.05, 4.69) is 15.5 Å². The van der Waals surface area contributed by atoms with Gasteiger partial charge in [-0.1, -0.05) is 18.1 Å². The van der Waals surface area contributed by atoms with Crippen molar-refractivity contribution in [3.63, 3.8) is 0 Å². The summed E-state index contributed by atoms with van der Waals surface area (Å²) >= 11 is 2.51. The molecule has 2 atom stereocenters. The zero-order chi connectivity index (χ0) is 26.1. The minimum Gasteiger partial charge on any atom is -0.543 e. The van der Waals surface area contributed by atoms with Crippen LogP contribution in [0.3, 0.4) is 0 Å². The maximum absolute atomic E-state index is 13.1. The van der Waals surface area contributed by atoms with E-state index in [1.165, 1.54) is 16.7 Å². The molecule has 2 amide bonds. The number of nitrogens with zero attached hydrogens (tertiary/aromatic N) is 5. The van der Waals surface area contributed by atoms with Crippen molar-refractivity contribution in [3.05, 3.63) is 59.1 Å². The smallest absolute Gasteiger partial charge is 0.286 e. The third-order valence-electron chi connectivity index (χ3n) is 5.89. The fourth-order valence-electron chi connectivity index (χ4n) is 4.19. The number of anilines is 1. The number of fused-ring (bicyclic) bond motifs is 2. The van der Waals surface area contributed by atoms with Crippen LogP contribution in [0.15, 0.2) is 58.6 Å². The van der Waals surface area contributed by atoms with Crippen LogP contribution in [0.25, 0.3) is 5.65 Å². The van der Waals surface area contributed by atoms with Crippen LogP contribution in [0.4, 0.5) is 5.13 Å². The minimum absolute atomic E-state index is 0.109. The van der Waals surface area contributed by atoms with Crippen LogP contribution < -0.4 is 20.6 Å². The number of carbonyl (C=O) groups is 3. The van der Waals surface area contributed by atoms with Crippen LogP contribution in [0.1, 0.15) is 19.0 Å². The van der Waals surface area contributed by atoms with Crippen LogP contribution in [0.5, 0.6) is 0 Å². The molecular formula is C23H23N7O5S2. The number of nitrogens with two attached hydrogens (primary N) is 1. The number of imidazole rings is 1. The van der Waals surface area contributed by atoms with E-state index in [0.717, 1.165) is 17.0 Å². The molecule has 3 aromatic rings. The highest BCUT2D eigenvalue weighted by atomic mass is 32.2. The van der Waals surface area contributed by atoms with Gasteiger partial charge in [-0.05, 0) is 12.5 Å². The molecule has 0 bridgehead atoms. The second kappa shape index (κ2) is 10.2. The van der Waals surface area contributed by atoms with Gasteiger partial charge in [0.25, 0.3) is 17.5 Å². The van der Waals surface area contributed by atoms with Crippen molar-refractivity contribution in [2.75, 3.05) is 18.1 Å². The lowest BCUT2D eigenvalue weighted by Gasteiger charge is -2.50. The van der Waals surface area contributed by atoms with Crippen molar-refractivity contribution in [3.8, 4) is 0 Å². The number of carboxylic acids is 1. The average molecular weight is 542 g/mol. The summed E-state index contributed by atoms with van der Waals surface area (Å²) in [5, 5.41) is 19.9. The molecule has 192 valence electrons. The number of pyridine rings is 1. The van der Waals surface area contributed by atoms with Crippen LogP contribution in [0, 0.1) is 0 Å². The largest absolute Gasteiger partial charge is 0.543 e. The highest BCUT2D eigenvalue weighted by Gasteiger charge is 2.53. The Morgan fingerprint density at radius 1 is 1.38 bits per heavy atom. The number of hydrogen-bond donors (Lipinski definition) is 2. The number of hydrogen-bond acceptors (Lipinski definition) is 10. The van der Waals surface area contributed by atoms with Crippen LogP contribution in [-0.4, -0.2) is 61.7 Å². The number of aromatic nitrogens is 3. The molecule has 12 nitrogen and oxygen atoms in total. The fraction of sp³-hybridized carbons (Fsp3) is 0.304. The predicted octanol–water partition coefficient (Wildman–Crippen LogP) is -0.500. The number of thioether (sulfide) groups is 1. The summed E-state index contributed by atoms with van der Waals surface area (Å²) in [4.78, 5) is 48.8. The number of β-lactam (4-membered cyclic amide) rings is 1. The number of thiazole rings is 1. The van der Waals surface area contributed by atoms with Crippen LogP contribution in [0.2, 0.25) is 0 Å². The highest BCUT2D eigenvalue weighted by Crippen LogP contribution is 2.40. The van der Waals surface area contributed by atoms with Gasteiger partial charge < -0.3 is 25.8 Å². The third kappa shape index (κ3) is 4.64. The number of nitrogens with one attached hydrogen (secondary N) is 1. The number of aliphatic carboxylic acids is 1. The number of rotatable bonds is 9. The van der Waals surface area contributed by atoms with E-state index >= 15 is 0 Å². The van der Waals surface area contributed by atoms with E-state index in [4.69, 9.17) is 10.6 Å². The lowest BCUT2D eigenvalue weighted by molar-refractivity contribution is -0.510. The Labute approximate surface area is 219 Å². The van der Waals surface area contributed by atoms with E-state index in [-0.39, 0.29) is 28.8 Å². The molecule has 14 heteroatoms. The number of carbonyl (C=O) groups excluding carboxylic acids is 3. The molecule has 2 aliphatic rings. The van der Waals surface area contributed by atoms with Gasteiger partial charge in [0.1, 0.15) is 42.7 Å². The fourth-order valence-corrected chi connectivity index (χ4v) is 6.07. The Balaban J connectivity index is 1.36. The molecule has 3 aromatic heterocycles. The quantitative estimate of drug-likeness (QED) is 0.121. The van der Waals surface area contributed by atoms with Crippen molar-refractivity contribution in [1.29, 1.82) is 0 Å². The topological polar surface area (TPSA) is 159 Å². The standard InChI is InChI=1S/C23H23N7O5S2/c1-2-9-35-27-16(14-12-37-23(24)25-14)19(31)26-17-20(32)30-18(22(33)34)13(11-36-21(17)30)10-29-8-7-28-6-4-3-5-15(28)29/h3-8,12,17,21H,2,9-11H2,1H3,(H3-,24,25,26,31,33,34)/b27-16-/t17-,21+/m1/s1. The van der Waals surface area contributed by atoms with Gasteiger partial charge in [-0.2, -0.15) is 0 Å². The molecule has 0 spiro atoms. The van der Waals surface area contributed by atoms with Gasteiger partial charge in [-0.3, -0.25) is 14.5 Å². The molecule has 3 N–H and O–H groups in total. The van der Waals surface area contributed by atoms with Crippen molar-refractivity contribution in [2.24, 2.45) is 5.16 Å². The molecular weight excluding hydrogens is 518 g/mol. The summed E-state index contributed by atoms with van der Waals surface area (Å²) < 4.78 is 3.82. The first-order valence-electron chi connectivity index (χ1n) is 11.4. The maximum Gasteiger partial charge on any atom is 0.286 e. The summed E-state index contributed by atoms with van der Waals surface area (Å²) in [5.74, 6) is -2.29. The Morgan fingerprint density at radius 2 is 2.22 bits per heavy atom. The molecule has 37 heavy (non-hydrogen) atoms. The van der Waals surface area contributed by atoms with Crippen molar-refractivity contribution < 1.29 is 28.7 Å². The Bertz CT molecular complexity index is 1450. The summed E-state index contributed by atoms with van der Waals surface area (Å²) in [6.07, 6.45) is 6.29. The molecule has 5 heterocycles. The zero-order valence-corrected chi connectivity index (χ0v) is 21.3. The average Bonchev–Trinajstić information content (AvgIpc) is 3.50. The first kappa shape index (κ1) is 24.8. The molecule has 2 aliphatic heterocycles. The first-order valence-corrected chi connectivity index (χ1v) is 13.4. The van der Waals surface area contributed by atoms with Crippen LogP contribution in [-0.2, 0) is 25.8 Å². The Kier molecular flexibility index (Phi) is 6.84. The number of nitrogen functional groups attached to an aromatic ring is 1. The van der Waals surface area contributed by atoms with E-state index in [1.54, 1.807) is 5.38 Å². The van der Waals surface area contributed by atoms with E-state index in [0.29, 0.717) is 24.4 Å². The second-order valence-corrected chi connectivity index (χ2v) is 10.3. The van der Waals surface area contributed by atoms with Gasteiger partial charge in [0.15, 0.2) is 10.8 Å². The van der Waals surface area contributed by atoms with Gasteiger partial charge in [-0.15, -0.1) is 23.1 Å². The maximum atomic E-state index is 13.1. The lowest BCUT2D eigenvalue weighted by Crippen LogP contribution is -2.71. The highest BCUT2D eigenvalue weighted by molar-refractivity contribution is 8.00. The molecule has 0 radical (unpaired) electrons. The van der Waals surface area contributed by atoms with Gasteiger partial charge in [0, 0.05) is 22.8 Å². The second-order valence-electron chi connectivity index (χ2n) is 8.34. The predicted molar refractivity (Wildman–Crippen MR) is 134 cm³/mol. The molecule has 5 rings (SSSR count). The van der Waals surface area contributed by atoms with Gasteiger partial charge in [0.05, 0.1) is 17.9 Å². The lowest BCUT2D eigenvalue weighted by atomic mass is 10.0. The number of oxime groups is 1. The summed E-state index contributed by atoms with van der Waals surface area (Å²) in [7, 11) is 0. The molecule has 0 aromatic carbocycles.